The van der Waals surface area contributed by atoms with Crippen LogP contribution in [-0.2, 0) is 5.41 Å². The highest BCUT2D eigenvalue weighted by molar-refractivity contribution is 6.73. The Morgan fingerprint density at radius 3 is 2.07 bits per heavy atom. The Hall–Kier alpha value is -6.72. The van der Waals surface area contributed by atoms with Crippen molar-refractivity contribution in [3.63, 3.8) is 0 Å². The number of para-hydroxylation sites is 5. The molecule has 3 aromatic heterocycles. The van der Waals surface area contributed by atoms with Crippen molar-refractivity contribution in [3.8, 4) is 28.1 Å². The van der Waals surface area contributed by atoms with Gasteiger partial charge in [-0.2, -0.15) is 0 Å². The van der Waals surface area contributed by atoms with E-state index < -0.39 is 0 Å². The van der Waals surface area contributed by atoms with E-state index in [1.807, 2.05) is 12.1 Å². The van der Waals surface area contributed by atoms with Crippen molar-refractivity contribution in [3.05, 3.63) is 169 Å². The highest BCUT2D eigenvalue weighted by Gasteiger charge is 2.42. The van der Waals surface area contributed by atoms with Crippen LogP contribution in [0.4, 0.5) is 17.1 Å². The first-order valence-electron chi connectivity index (χ1n) is 18.8. The molecule has 0 saturated carbocycles. The SMILES string of the molecule is CC1(C)c2ccccc2-c2c1c1cccc3c1n2-c1cc(N(c2ccccc2)c2ccccc2)cc(-c2cccc4c2[nH]c2c5ccccc5oc42)c1B3. The van der Waals surface area contributed by atoms with Crippen LogP contribution < -0.4 is 15.8 Å². The maximum absolute atomic E-state index is 6.52. The molecule has 0 amide bonds. The molecule has 54 heavy (non-hydrogen) atoms. The molecule has 2 aliphatic rings. The van der Waals surface area contributed by atoms with Crippen LogP contribution >= 0.6 is 0 Å². The van der Waals surface area contributed by atoms with Gasteiger partial charge in [0.2, 0.25) is 0 Å². The molecule has 4 heterocycles. The number of fused-ring (bicyclic) bond motifs is 12. The van der Waals surface area contributed by atoms with Crippen LogP contribution in [0.2, 0.25) is 0 Å². The molecule has 1 N–H and O–H groups in total. The van der Waals surface area contributed by atoms with Crippen LogP contribution in [0.5, 0.6) is 0 Å². The van der Waals surface area contributed by atoms with Gasteiger partial charge in [0, 0.05) is 61.0 Å². The van der Waals surface area contributed by atoms with Crippen LogP contribution in [0.15, 0.2) is 162 Å². The Balaban J connectivity index is 1.22. The van der Waals surface area contributed by atoms with E-state index in [0.29, 0.717) is 0 Å². The number of furan rings is 1. The van der Waals surface area contributed by atoms with Gasteiger partial charge in [-0.25, -0.2) is 0 Å². The predicted octanol–water partition coefficient (Wildman–Crippen LogP) is 11.2. The zero-order chi connectivity index (χ0) is 35.7. The van der Waals surface area contributed by atoms with Crippen molar-refractivity contribution in [2.24, 2.45) is 0 Å². The van der Waals surface area contributed by atoms with Gasteiger partial charge in [-0.05, 0) is 76.8 Å². The summed E-state index contributed by atoms with van der Waals surface area (Å²) in [6.07, 6.45) is 0. The van der Waals surface area contributed by atoms with E-state index in [1.165, 1.54) is 61.0 Å². The third kappa shape index (κ3) is 3.88. The number of hydrogen-bond donors (Lipinski definition) is 1. The Bertz CT molecular complexity index is 3130. The molecule has 5 heteroatoms. The van der Waals surface area contributed by atoms with Crippen LogP contribution in [0.3, 0.4) is 0 Å². The van der Waals surface area contributed by atoms with Crippen molar-refractivity contribution in [1.29, 1.82) is 0 Å². The first-order valence-corrected chi connectivity index (χ1v) is 18.8. The lowest BCUT2D eigenvalue weighted by atomic mass is 9.59. The lowest BCUT2D eigenvalue weighted by molar-refractivity contribution is 0.666. The zero-order valence-electron chi connectivity index (χ0n) is 30.0. The monoisotopic (exact) mass is 691 g/mol. The molecular weight excluding hydrogens is 657 g/mol. The van der Waals surface area contributed by atoms with Crippen LogP contribution in [0, 0.1) is 0 Å². The molecule has 0 bridgehead atoms. The molecule has 7 aromatic carbocycles. The lowest BCUT2D eigenvalue weighted by Crippen LogP contribution is -2.37. The van der Waals surface area contributed by atoms with Gasteiger partial charge in [0.25, 0.3) is 0 Å². The zero-order valence-corrected chi connectivity index (χ0v) is 30.0. The highest BCUT2D eigenvalue weighted by Crippen LogP contribution is 2.54. The summed E-state index contributed by atoms with van der Waals surface area (Å²) in [4.78, 5) is 6.27. The van der Waals surface area contributed by atoms with Crippen molar-refractivity contribution in [1.82, 2.24) is 9.55 Å². The summed E-state index contributed by atoms with van der Waals surface area (Å²) >= 11 is 0. The molecule has 1 aliphatic carbocycles. The van der Waals surface area contributed by atoms with E-state index in [1.54, 1.807) is 0 Å². The van der Waals surface area contributed by atoms with Gasteiger partial charge in [0.15, 0.2) is 12.9 Å². The minimum absolute atomic E-state index is 0.133. The van der Waals surface area contributed by atoms with Crippen molar-refractivity contribution in [2.75, 3.05) is 4.90 Å². The molecule has 1 aliphatic heterocycles. The van der Waals surface area contributed by atoms with E-state index in [4.69, 9.17) is 4.42 Å². The van der Waals surface area contributed by atoms with E-state index >= 15 is 0 Å². The second kappa shape index (κ2) is 10.7. The Labute approximate surface area is 313 Å². The number of nitrogens with one attached hydrogen (secondary N) is 1. The van der Waals surface area contributed by atoms with Gasteiger partial charge in [0.1, 0.15) is 5.58 Å². The third-order valence-electron chi connectivity index (χ3n) is 12.1. The van der Waals surface area contributed by atoms with Gasteiger partial charge < -0.3 is 18.9 Å². The largest absolute Gasteiger partial charge is 0.454 e. The number of anilines is 3. The van der Waals surface area contributed by atoms with Gasteiger partial charge in [0.05, 0.1) is 16.7 Å². The van der Waals surface area contributed by atoms with Gasteiger partial charge in [-0.15, -0.1) is 0 Å². The number of benzene rings is 7. The average Bonchev–Trinajstić information content (AvgIpc) is 3.93. The standard InChI is InChI=1S/C49H34BN3O/c1-49(2)38-24-11-9-19-33(38)47-42(49)35-22-14-25-39-46(35)53(47)40-28-31(52(29-15-5-3-6-16-29)30-17-7-4-8-18-30)27-37(43(40)50-39)32-21-13-23-36-44(32)51-45-34-20-10-12-26-41(34)54-48(36)45/h3-28,50-51H,1-2H3. The molecule has 0 radical (unpaired) electrons. The van der Waals surface area contributed by atoms with E-state index in [2.05, 4.69) is 174 Å². The molecule has 0 unspecified atom stereocenters. The van der Waals surface area contributed by atoms with Crippen molar-refractivity contribution >= 4 is 79.1 Å². The number of H-pyrrole nitrogens is 1. The van der Waals surface area contributed by atoms with E-state index in [-0.39, 0.29) is 5.41 Å². The van der Waals surface area contributed by atoms with E-state index in [0.717, 1.165) is 57.3 Å². The fourth-order valence-corrected chi connectivity index (χ4v) is 9.82. The molecule has 0 atom stereocenters. The van der Waals surface area contributed by atoms with E-state index in [9.17, 15) is 0 Å². The lowest BCUT2D eigenvalue weighted by Gasteiger charge is -2.30. The third-order valence-corrected chi connectivity index (χ3v) is 12.1. The fourth-order valence-electron chi connectivity index (χ4n) is 9.82. The molecular formula is C49H34BN3O. The van der Waals surface area contributed by atoms with Crippen molar-refractivity contribution < 1.29 is 4.42 Å². The minimum Gasteiger partial charge on any atom is -0.454 e. The Kier molecular flexibility index (Phi) is 5.90. The molecule has 4 nitrogen and oxygen atoms in total. The summed E-state index contributed by atoms with van der Waals surface area (Å²) in [6.45, 7) is 4.79. The predicted molar refractivity (Wildman–Crippen MR) is 227 cm³/mol. The molecule has 254 valence electrons. The number of aromatic nitrogens is 2. The van der Waals surface area contributed by atoms with Gasteiger partial charge >= 0.3 is 0 Å². The van der Waals surface area contributed by atoms with Gasteiger partial charge in [-0.3, -0.25) is 0 Å². The number of rotatable bonds is 4. The summed E-state index contributed by atoms with van der Waals surface area (Å²) in [5, 5.41) is 3.55. The summed E-state index contributed by atoms with van der Waals surface area (Å²) in [5.74, 6) is 0. The Morgan fingerprint density at radius 1 is 0.593 bits per heavy atom. The summed E-state index contributed by atoms with van der Waals surface area (Å²) in [7, 11) is 0.833. The smallest absolute Gasteiger partial charge is 0.198 e. The van der Waals surface area contributed by atoms with Crippen LogP contribution in [-0.4, -0.2) is 16.8 Å². The van der Waals surface area contributed by atoms with Crippen LogP contribution in [0.1, 0.15) is 25.0 Å². The second-order valence-electron chi connectivity index (χ2n) is 15.4. The topological polar surface area (TPSA) is 37.1 Å². The number of nitrogens with zero attached hydrogens (tertiary/aromatic N) is 2. The molecule has 12 rings (SSSR count). The summed E-state index contributed by atoms with van der Waals surface area (Å²) in [6, 6.07) is 57.3. The first-order chi connectivity index (χ1) is 26.6. The fraction of sp³-hybridized carbons (Fsp3) is 0.0612. The quantitative estimate of drug-likeness (QED) is 0.187. The minimum atomic E-state index is -0.133. The number of hydrogen-bond acceptors (Lipinski definition) is 2. The maximum atomic E-state index is 6.52. The average molecular weight is 692 g/mol. The first kappa shape index (κ1) is 29.8. The molecule has 0 saturated heterocycles. The van der Waals surface area contributed by atoms with Gasteiger partial charge in [-0.1, -0.05) is 122 Å². The maximum Gasteiger partial charge on any atom is 0.198 e. The Morgan fingerprint density at radius 2 is 1.26 bits per heavy atom. The highest BCUT2D eigenvalue weighted by atomic mass is 16.3. The molecule has 10 aromatic rings. The summed E-state index contributed by atoms with van der Waals surface area (Å²) < 4.78 is 9.13. The molecule has 0 fully saturated rings. The molecule has 0 spiro atoms. The number of aromatic amines is 1. The summed E-state index contributed by atoms with van der Waals surface area (Å²) in [5.41, 5.74) is 20.2. The van der Waals surface area contributed by atoms with Crippen LogP contribution in [0.25, 0.3) is 71.9 Å². The normalized spacial score (nSPS) is 13.7. The van der Waals surface area contributed by atoms with Crippen molar-refractivity contribution in [2.45, 2.75) is 19.3 Å². The second-order valence-corrected chi connectivity index (χ2v) is 15.4.